The number of carbonyl (C=O) groups is 1. The van der Waals surface area contributed by atoms with Crippen LogP contribution in [0.15, 0.2) is 11.6 Å². The van der Waals surface area contributed by atoms with E-state index in [1.807, 2.05) is 0 Å². The molecule has 4 heteroatoms. The molecule has 2 aliphatic rings. The molecule has 27 heavy (non-hydrogen) atoms. The summed E-state index contributed by atoms with van der Waals surface area (Å²) in [5.74, 6) is 1.77. The van der Waals surface area contributed by atoms with Crippen LogP contribution >= 0.6 is 0 Å². The van der Waals surface area contributed by atoms with Gasteiger partial charge in [0.1, 0.15) is 0 Å². The van der Waals surface area contributed by atoms with Crippen molar-refractivity contribution in [2.45, 2.75) is 97.3 Å². The van der Waals surface area contributed by atoms with E-state index in [-0.39, 0.29) is 12.5 Å². The zero-order valence-corrected chi connectivity index (χ0v) is 17.2. The van der Waals surface area contributed by atoms with E-state index >= 15 is 0 Å². The van der Waals surface area contributed by atoms with Crippen LogP contribution in [0.4, 0.5) is 8.78 Å². The minimum absolute atomic E-state index is 0.0973. The Morgan fingerprint density at radius 3 is 2.07 bits per heavy atom. The maximum Gasteiger partial charge on any atom is 0.339 e. The molecule has 0 bridgehead atoms. The topological polar surface area (TPSA) is 26.3 Å². The van der Waals surface area contributed by atoms with Gasteiger partial charge < -0.3 is 4.74 Å². The molecule has 0 amide bonds. The third-order valence-corrected chi connectivity index (χ3v) is 6.75. The molecule has 0 aromatic heterocycles. The molecule has 0 saturated heterocycles. The lowest BCUT2D eigenvalue weighted by molar-refractivity contribution is -0.140. The molecule has 0 spiro atoms. The molecule has 156 valence electrons. The predicted molar refractivity (Wildman–Crippen MR) is 106 cm³/mol. The summed E-state index contributed by atoms with van der Waals surface area (Å²) >= 11 is 0. The number of esters is 1. The van der Waals surface area contributed by atoms with Crippen molar-refractivity contribution >= 4 is 5.97 Å². The fraction of sp³-hybridized carbons (Fsp3) is 0.870. The van der Waals surface area contributed by atoms with Crippen LogP contribution in [0.2, 0.25) is 0 Å². The highest BCUT2D eigenvalue weighted by atomic mass is 19.3. The van der Waals surface area contributed by atoms with Gasteiger partial charge >= 0.3 is 5.97 Å². The normalized spacial score (nSPS) is 29.7. The Bertz CT molecular complexity index is 459. The predicted octanol–water partition coefficient (Wildman–Crippen LogP) is 6.93. The molecule has 0 aromatic rings. The molecule has 2 rings (SSSR count). The molecular weight excluding hydrogens is 346 g/mol. The second-order valence-electron chi connectivity index (χ2n) is 8.59. The summed E-state index contributed by atoms with van der Waals surface area (Å²) in [7, 11) is 0. The van der Waals surface area contributed by atoms with Crippen molar-refractivity contribution in [2.24, 2.45) is 23.7 Å². The Balaban J connectivity index is 1.76. The van der Waals surface area contributed by atoms with Gasteiger partial charge in [0.2, 0.25) is 0 Å². The third-order valence-electron chi connectivity index (χ3n) is 6.75. The van der Waals surface area contributed by atoms with Crippen LogP contribution < -0.4 is 0 Å². The number of halogens is 2. The zero-order chi connectivity index (χ0) is 19.6. The van der Waals surface area contributed by atoms with Gasteiger partial charge in [0, 0.05) is 0 Å². The molecule has 2 aliphatic carbocycles. The van der Waals surface area contributed by atoms with E-state index < -0.39 is 18.0 Å². The fourth-order valence-electron chi connectivity index (χ4n) is 5.11. The molecule has 2 fully saturated rings. The molecule has 2 saturated carbocycles. The van der Waals surface area contributed by atoms with Gasteiger partial charge in [0.15, 0.2) is 0 Å². The van der Waals surface area contributed by atoms with Gasteiger partial charge in [0.05, 0.1) is 12.2 Å². The van der Waals surface area contributed by atoms with Gasteiger partial charge in [-0.3, -0.25) is 0 Å². The maximum absolute atomic E-state index is 13.2. The summed E-state index contributed by atoms with van der Waals surface area (Å²) in [6.45, 7) is 4.04. The van der Waals surface area contributed by atoms with Crippen LogP contribution in [0.1, 0.15) is 90.9 Å². The van der Waals surface area contributed by atoms with Crippen LogP contribution in [-0.2, 0) is 9.53 Å². The van der Waals surface area contributed by atoms with Gasteiger partial charge in [-0.15, -0.1) is 0 Å². The highest BCUT2D eigenvalue weighted by molar-refractivity contribution is 5.89. The summed E-state index contributed by atoms with van der Waals surface area (Å²) in [6, 6.07) is 0. The number of carbonyl (C=O) groups excluding carboxylic acids is 1. The summed E-state index contributed by atoms with van der Waals surface area (Å²) in [6.07, 6.45) is 13.8. The van der Waals surface area contributed by atoms with Crippen molar-refractivity contribution < 1.29 is 18.3 Å². The van der Waals surface area contributed by atoms with E-state index in [0.717, 1.165) is 43.4 Å². The molecule has 0 heterocycles. The first-order valence-electron chi connectivity index (χ1n) is 11.2. The molecule has 2 nitrogen and oxygen atoms in total. The zero-order valence-electron chi connectivity index (χ0n) is 17.2. The molecule has 0 aliphatic heterocycles. The first-order chi connectivity index (χ1) is 13.0. The van der Waals surface area contributed by atoms with Crippen LogP contribution in [-0.4, -0.2) is 19.0 Å². The highest BCUT2D eigenvalue weighted by Crippen LogP contribution is 2.42. The van der Waals surface area contributed by atoms with Crippen molar-refractivity contribution in [2.75, 3.05) is 6.61 Å². The monoisotopic (exact) mass is 384 g/mol. The standard InChI is InChI=1S/C23H38F2O2/c1-3-5-6-7-17-8-12-19(13-9-17)20-14-10-18(11-15-20)16-21(22(24)25)23(26)27-4-2/h16-20,22H,3-15H2,1-2H3/b21-16-. The molecule has 0 atom stereocenters. The summed E-state index contributed by atoms with van der Waals surface area (Å²) in [5, 5.41) is 0. The summed E-state index contributed by atoms with van der Waals surface area (Å²) in [5.41, 5.74) is -0.437. The second kappa shape index (κ2) is 11.8. The molecule has 0 aromatic carbocycles. The lowest BCUT2D eigenvalue weighted by Crippen LogP contribution is -2.26. The number of unbranched alkanes of at least 4 members (excludes halogenated alkanes) is 2. The lowest BCUT2D eigenvalue weighted by Gasteiger charge is -2.37. The van der Waals surface area contributed by atoms with Gasteiger partial charge in [-0.1, -0.05) is 51.5 Å². The van der Waals surface area contributed by atoms with E-state index in [9.17, 15) is 13.6 Å². The van der Waals surface area contributed by atoms with E-state index in [1.54, 1.807) is 6.92 Å². The smallest absolute Gasteiger partial charge is 0.339 e. The first kappa shape index (κ1) is 22.4. The van der Waals surface area contributed by atoms with Crippen molar-refractivity contribution in [1.82, 2.24) is 0 Å². The van der Waals surface area contributed by atoms with E-state index in [2.05, 4.69) is 6.92 Å². The number of allylic oxidation sites excluding steroid dienone is 1. The van der Waals surface area contributed by atoms with Gasteiger partial charge in [-0.25, -0.2) is 13.6 Å². The number of hydrogen-bond donors (Lipinski definition) is 0. The first-order valence-corrected chi connectivity index (χ1v) is 11.2. The van der Waals surface area contributed by atoms with E-state index in [0.29, 0.717) is 0 Å². The van der Waals surface area contributed by atoms with Gasteiger partial charge in [-0.2, -0.15) is 0 Å². The quantitative estimate of drug-likeness (QED) is 0.245. The van der Waals surface area contributed by atoms with Crippen molar-refractivity contribution in [3.05, 3.63) is 11.6 Å². The second-order valence-corrected chi connectivity index (χ2v) is 8.59. The maximum atomic E-state index is 13.2. The number of alkyl halides is 2. The van der Waals surface area contributed by atoms with Crippen molar-refractivity contribution in [1.29, 1.82) is 0 Å². The van der Waals surface area contributed by atoms with E-state index in [4.69, 9.17) is 4.74 Å². The largest absolute Gasteiger partial charge is 0.462 e. The summed E-state index contributed by atoms with van der Waals surface area (Å²) < 4.78 is 31.1. The van der Waals surface area contributed by atoms with E-state index in [1.165, 1.54) is 57.4 Å². The Labute approximate surface area is 164 Å². The SMILES string of the molecule is CCCCCC1CCC(C2CCC(/C=C(\C(=O)OCC)C(F)F)CC2)CC1. The third kappa shape index (κ3) is 7.19. The number of rotatable bonds is 9. The average molecular weight is 385 g/mol. The van der Waals surface area contributed by atoms with Crippen LogP contribution in [0.25, 0.3) is 0 Å². The molecule has 0 radical (unpaired) electrons. The van der Waals surface area contributed by atoms with Crippen LogP contribution in [0.3, 0.4) is 0 Å². The minimum Gasteiger partial charge on any atom is -0.462 e. The van der Waals surface area contributed by atoms with Gasteiger partial charge in [-0.05, 0) is 69.1 Å². The fourth-order valence-corrected chi connectivity index (χ4v) is 5.11. The Morgan fingerprint density at radius 2 is 1.56 bits per heavy atom. The Hall–Kier alpha value is -0.930. The molecule has 0 N–H and O–H groups in total. The highest BCUT2D eigenvalue weighted by Gasteiger charge is 2.31. The minimum atomic E-state index is -2.75. The Morgan fingerprint density at radius 1 is 0.963 bits per heavy atom. The number of ether oxygens (including phenoxy) is 1. The van der Waals surface area contributed by atoms with Crippen molar-refractivity contribution in [3.63, 3.8) is 0 Å². The van der Waals surface area contributed by atoms with Crippen LogP contribution in [0.5, 0.6) is 0 Å². The Kier molecular flexibility index (Phi) is 9.78. The summed E-state index contributed by atoms with van der Waals surface area (Å²) in [4.78, 5) is 11.7. The molecule has 0 unspecified atom stereocenters. The van der Waals surface area contributed by atoms with Crippen LogP contribution in [0, 0.1) is 23.7 Å². The van der Waals surface area contributed by atoms with Gasteiger partial charge in [0.25, 0.3) is 6.43 Å². The molecular formula is C23H38F2O2. The lowest BCUT2D eigenvalue weighted by atomic mass is 9.68. The average Bonchev–Trinajstić information content (AvgIpc) is 2.67. The number of hydrogen-bond acceptors (Lipinski definition) is 2. The van der Waals surface area contributed by atoms with Crippen molar-refractivity contribution in [3.8, 4) is 0 Å².